The molecule has 1 N–H and O–H groups in total. The molecule has 0 fully saturated rings. The highest BCUT2D eigenvalue weighted by Crippen LogP contribution is 2.16. The van der Waals surface area contributed by atoms with Crippen molar-refractivity contribution in [1.82, 2.24) is 5.32 Å². The van der Waals surface area contributed by atoms with Crippen molar-refractivity contribution in [1.29, 1.82) is 0 Å². The lowest BCUT2D eigenvalue weighted by molar-refractivity contribution is 0.338. The van der Waals surface area contributed by atoms with Crippen LogP contribution >= 0.6 is 0 Å². The van der Waals surface area contributed by atoms with Crippen LogP contribution in [0.3, 0.4) is 0 Å². The summed E-state index contributed by atoms with van der Waals surface area (Å²) >= 11 is 0. The van der Waals surface area contributed by atoms with Crippen LogP contribution in [0.25, 0.3) is 0 Å². The van der Waals surface area contributed by atoms with Crippen LogP contribution in [0.2, 0.25) is 0 Å². The summed E-state index contributed by atoms with van der Waals surface area (Å²) in [5.74, 6) is -0.0945. The smallest absolute Gasteiger partial charge is 0.155 e. The summed E-state index contributed by atoms with van der Waals surface area (Å²) in [5, 5.41) is 2.67. The molecule has 0 atom stereocenters. The third-order valence-corrected chi connectivity index (χ3v) is 5.04. The Bertz CT molecular complexity index is 529. The van der Waals surface area contributed by atoms with Crippen molar-refractivity contribution in [2.45, 2.75) is 32.6 Å². The Morgan fingerprint density at radius 1 is 1.30 bits per heavy atom. The van der Waals surface area contributed by atoms with E-state index in [1.54, 1.807) is 19.9 Å². The summed E-state index contributed by atoms with van der Waals surface area (Å²) in [4.78, 5) is 0. The Kier molecular flexibility index (Phi) is 6.42. The van der Waals surface area contributed by atoms with E-state index in [1.807, 2.05) is 6.92 Å². The largest absolute Gasteiger partial charge is 0.492 e. The van der Waals surface area contributed by atoms with Crippen LogP contribution in [0.5, 0.6) is 5.75 Å². The lowest BCUT2D eigenvalue weighted by atomic mass is 10.2. The lowest BCUT2D eigenvalue weighted by Gasteiger charge is -2.11. The number of halogens is 1. The van der Waals surface area contributed by atoms with Gasteiger partial charge in [0, 0.05) is 12.6 Å². The second-order valence-corrected chi connectivity index (χ2v) is 7.52. The van der Waals surface area contributed by atoms with Crippen LogP contribution in [-0.4, -0.2) is 32.6 Å². The highest BCUT2D eigenvalue weighted by Gasteiger charge is 2.15. The van der Waals surface area contributed by atoms with Crippen molar-refractivity contribution < 1.29 is 17.5 Å². The monoisotopic (exact) mass is 303 g/mol. The molecule has 0 amide bonds. The van der Waals surface area contributed by atoms with Gasteiger partial charge in [0.05, 0.1) is 11.0 Å². The molecule has 0 unspecified atom stereocenters. The van der Waals surface area contributed by atoms with Gasteiger partial charge in [0.25, 0.3) is 0 Å². The van der Waals surface area contributed by atoms with Crippen molar-refractivity contribution in [3.8, 4) is 5.75 Å². The second-order valence-electron chi connectivity index (χ2n) is 4.84. The average Bonchev–Trinajstić information content (AvgIpc) is 2.35. The summed E-state index contributed by atoms with van der Waals surface area (Å²) in [6.45, 7) is 6.60. The zero-order chi connectivity index (χ0) is 15.2. The van der Waals surface area contributed by atoms with Crippen LogP contribution in [0.15, 0.2) is 18.2 Å². The maximum absolute atomic E-state index is 13.4. The molecule has 0 radical (unpaired) electrons. The van der Waals surface area contributed by atoms with E-state index in [0.29, 0.717) is 12.3 Å². The molecule has 0 saturated carbocycles. The van der Waals surface area contributed by atoms with Crippen molar-refractivity contribution >= 4 is 9.84 Å². The molecule has 4 nitrogen and oxygen atoms in total. The van der Waals surface area contributed by atoms with Gasteiger partial charge in [-0.15, -0.1) is 0 Å². The summed E-state index contributed by atoms with van der Waals surface area (Å²) < 4.78 is 42.0. The standard InChI is InChI=1S/C14H22FNO3S/c1-4-16-10-12-7-13(15)9-14(8-12)19-5-6-20(17,18)11(2)3/h7-9,11,16H,4-6,10H2,1-3H3. The summed E-state index contributed by atoms with van der Waals surface area (Å²) in [7, 11) is -3.13. The minimum Gasteiger partial charge on any atom is -0.492 e. The zero-order valence-electron chi connectivity index (χ0n) is 12.1. The fourth-order valence-electron chi connectivity index (χ4n) is 1.59. The number of ether oxygens (including phenoxy) is 1. The SMILES string of the molecule is CCNCc1cc(F)cc(OCCS(=O)(=O)C(C)C)c1. The first-order valence-corrected chi connectivity index (χ1v) is 8.41. The third kappa shape index (κ3) is 5.46. The van der Waals surface area contributed by atoms with Gasteiger partial charge in [0.2, 0.25) is 0 Å². The molecule has 1 aromatic carbocycles. The molecule has 0 aliphatic heterocycles. The normalized spacial score (nSPS) is 11.8. The molecule has 1 rings (SSSR count). The molecular weight excluding hydrogens is 281 g/mol. The molecule has 0 aliphatic carbocycles. The van der Waals surface area contributed by atoms with Gasteiger partial charge in [-0.05, 0) is 38.1 Å². The first-order valence-electron chi connectivity index (χ1n) is 6.69. The van der Waals surface area contributed by atoms with E-state index < -0.39 is 15.1 Å². The molecule has 0 heterocycles. The highest BCUT2D eigenvalue weighted by atomic mass is 32.2. The Morgan fingerprint density at radius 3 is 2.60 bits per heavy atom. The molecule has 114 valence electrons. The molecule has 20 heavy (non-hydrogen) atoms. The summed E-state index contributed by atoms with van der Waals surface area (Å²) in [6.07, 6.45) is 0. The summed E-state index contributed by atoms with van der Waals surface area (Å²) in [6, 6.07) is 4.41. The van der Waals surface area contributed by atoms with E-state index in [4.69, 9.17) is 4.74 Å². The molecule has 1 aromatic rings. The Hall–Kier alpha value is -1.14. The predicted octanol–water partition coefficient (Wildman–Crippen LogP) is 2.14. The van der Waals surface area contributed by atoms with E-state index >= 15 is 0 Å². The molecule has 0 saturated heterocycles. The molecule has 0 aromatic heterocycles. The van der Waals surface area contributed by atoms with Gasteiger partial charge in [-0.25, -0.2) is 12.8 Å². The number of nitrogens with one attached hydrogen (secondary N) is 1. The molecular formula is C14H22FNO3S. The van der Waals surface area contributed by atoms with E-state index in [2.05, 4.69) is 5.32 Å². The van der Waals surface area contributed by atoms with Crippen LogP contribution < -0.4 is 10.1 Å². The van der Waals surface area contributed by atoms with Crippen LogP contribution in [0.4, 0.5) is 4.39 Å². The van der Waals surface area contributed by atoms with Gasteiger partial charge in [-0.1, -0.05) is 6.92 Å². The van der Waals surface area contributed by atoms with Crippen LogP contribution in [-0.2, 0) is 16.4 Å². The quantitative estimate of drug-likeness (QED) is 0.799. The Balaban J connectivity index is 2.62. The first kappa shape index (κ1) is 16.9. The number of benzene rings is 1. The maximum Gasteiger partial charge on any atom is 0.155 e. The minimum absolute atomic E-state index is 0.0324. The fourth-order valence-corrected chi connectivity index (χ4v) is 2.37. The van der Waals surface area contributed by atoms with Crippen molar-refractivity contribution in [3.05, 3.63) is 29.6 Å². The maximum atomic E-state index is 13.4. The zero-order valence-corrected chi connectivity index (χ0v) is 13.0. The number of sulfone groups is 1. The Labute approximate surface area is 120 Å². The van der Waals surface area contributed by atoms with Gasteiger partial charge in [0.15, 0.2) is 9.84 Å². The molecule has 0 bridgehead atoms. The van der Waals surface area contributed by atoms with Crippen molar-refractivity contribution in [3.63, 3.8) is 0 Å². The molecule has 0 aliphatic rings. The third-order valence-electron chi connectivity index (χ3n) is 2.87. The van der Waals surface area contributed by atoms with E-state index in [1.165, 1.54) is 12.1 Å². The van der Waals surface area contributed by atoms with Crippen molar-refractivity contribution in [2.75, 3.05) is 18.9 Å². The van der Waals surface area contributed by atoms with Gasteiger partial charge >= 0.3 is 0 Å². The number of hydrogen-bond acceptors (Lipinski definition) is 4. The summed E-state index contributed by atoms with van der Waals surface area (Å²) in [5.41, 5.74) is 0.772. The van der Waals surface area contributed by atoms with Gasteiger partial charge in [-0.2, -0.15) is 0 Å². The van der Waals surface area contributed by atoms with Crippen LogP contribution in [0, 0.1) is 5.82 Å². The number of rotatable bonds is 8. The highest BCUT2D eigenvalue weighted by molar-refractivity contribution is 7.91. The lowest BCUT2D eigenvalue weighted by Crippen LogP contribution is -2.22. The predicted molar refractivity (Wildman–Crippen MR) is 78.2 cm³/mol. The van der Waals surface area contributed by atoms with Crippen LogP contribution in [0.1, 0.15) is 26.3 Å². The first-order chi connectivity index (χ1) is 9.35. The Morgan fingerprint density at radius 2 is 2.00 bits per heavy atom. The van der Waals surface area contributed by atoms with Gasteiger partial charge in [-0.3, -0.25) is 0 Å². The topological polar surface area (TPSA) is 55.4 Å². The fraction of sp³-hybridized carbons (Fsp3) is 0.571. The molecule has 6 heteroatoms. The van der Waals surface area contributed by atoms with E-state index in [9.17, 15) is 12.8 Å². The number of hydrogen-bond donors (Lipinski definition) is 1. The minimum atomic E-state index is -3.13. The van der Waals surface area contributed by atoms with E-state index in [0.717, 1.165) is 12.1 Å². The second kappa shape index (κ2) is 7.59. The molecule has 0 spiro atoms. The van der Waals surface area contributed by atoms with Gasteiger partial charge < -0.3 is 10.1 Å². The van der Waals surface area contributed by atoms with E-state index in [-0.39, 0.29) is 18.2 Å². The van der Waals surface area contributed by atoms with Crippen molar-refractivity contribution in [2.24, 2.45) is 0 Å². The average molecular weight is 303 g/mol. The van der Waals surface area contributed by atoms with Gasteiger partial charge in [0.1, 0.15) is 18.2 Å².